The molecule has 0 saturated heterocycles. The Bertz CT molecular complexity index is 1120. The third-order valence-corrected chi connectivity index (χ3v) is 7.39. The molecule has 2 aromatic rings. The number of nitro groups is 1. The zero-order chi connectivity index (χ0) is 20.5. The molecule has 0 bridgehead atoms. The van der Waals surface area contributed by atoms with Crippen molar-refractivity contribution in [2.75, 3.05) is 17.2 Å². The highest BCUT2D eigenvalue weighted by atomic mass is 32.2. The van der Waals surface area contributed by atoms with Crippen molar-refractivity contribution in [3.63, 3.8) is 0 Å². The third-order valence-electron chi connectivity index (χ3n) is 4.14. The first-order valence-electron chi connectivity index (χ1n) is 7.98. The standard InChI is InChI=1S/C17H16N2O7S2/c1-26-16-6-2-13(3-7-16)18(15-10-11-27(22,23)12-15)28(24,25)17-8-4-14(5-9-17)19(20)21/h2-11,15H,12H2,1H3. The molecule has 1 atom stereocenters. The van der Waals surface area contributed by atoms with Gasteiger partial charge in [0, 0.05) is 17.5 Å². The van der Waals surface area contributed by atoms with Crippen molar-refractivity contribution in [2.24, 2.45) is 0 Å². The fourth-order valence-corrected chi connectivity index (χ4v) is 5.77. The second kappa shape index (κ2) is 7.24. The maximum absolute atomic E-state index is 13.3. The predicted molar refractivity (Wildman–Crippen MR) is 102 cm³/mol. The van der Waals surface area contributed by atoms with Crippen molar-refractivity contribution < 1.29 is 26.5 Å². The zero-order valence-electron chi connectivity index (χ0n) is 14.6. The fraction of sp³-hybridized carbons (Fsp3) is 0.176. The number of hydrogen-bond acceptors (Lipinski definition) is 7. The van der Waals surface area contributed by atoms with Gasteiger partial charge in [-0.05, 0) is 42.5 Å². The molecule has 0 radical (unpaired) electrons. The van der Waals surface area contributed by atoms with E-state index in [-0.39, 0.29) is 16.3 Å². The Balaban J connectivity index is 2.09. The number of anilines is 1. The van der Waals surface area contributed by atoms with Gasteiger partial charge in [-0.1, -0.05) is 0 Å². The van der Waals surface area contributed by atoms with Gasteiger partial charge >= 0.3 is 0 Å². The van der Waals surface area contributed by atoms with Gasteiger partial charge in [-0.3, -0.25) is 14.4 Å². The Morgan fingerprint density at radius 2 is 1.71 bits per heavy atom. The first-order chi connectivity index (χ1) is 13.1. The quantitative estimate of drug-likeness (QED) is 0.514. The van der Waals surface area contributed by atoms with E-state index in [1.165, 1.54) is 25.3 Å². The van der Waals surface area contributed by atoms with Crippen molar-refractivity contribution >= 4 is 31.2 Å². The summed E-state index contributed by atoms with van der Waals surface area (Å²) in [6.07, 6.45) is 1.31. The van der Waals surface area contributed by atoms with Gasteiger partial charge in [0.15, 0.2) is 9.84 Å². The predicted octanol–water partition coefficient (Wildman–Crippen LogP) is 2.11. The van der Waals surface area contributed by atoms with E-state index in [1.807, 2.05) is 0 Å². The molecule has 1 unspecified atom stereocenters. The van der Waals surface area contributed by atoms with Crippen LogP contribution in [-0.2, 0) is 19.9 Å². The van der Waals surface area contributed by atoms with Crippen molar-refractivity contribution in [3.8, 4) is 5.75 Å². The largest absolute Gasteiger partial charge is 0.497 e. The summed E-state index contributed by atoms with van der Waals surface area (Å²) in [5.74, 6) is 0.108. The van der Waals surface area contributed by atoms with Crippen LogP contribution in [0.4, 0.5) is 11.4 Å². The molecule has 28 heavy (non-hydrogen) atoms. The number of methoxy groups -OCH3 is 1. The molecule has 11 heteroatoms. The highest BCUT2D eigenvalue weighted by Gasteiger charge is 2.36. The lowest BCUT2D eigenvalue weighted by Gasteiger charge is -2.29. The molecule has 0 spiro atoms. The molecule has 0 saturated carbocycles. The van der Waals surface area contributed by atoms with Crippen LogP contribution in [0, 0.1) is 10.1 Å². The summed E-state index contributed by atoms with van der Waals surface area (Å²) in [6, 6.07) is 9.58. The minimum Gasteiger partial charge on any atom is -0.497 e. The Morgan fingerprint density at radius 1 is 1.11 bits per heavy atom. The van der Waals surface area contributed by atoms with E-state index in [0.717, 1.165) is 34.0 Å². The minimum absolute atomic E-state index is 0.188. The number of ether oxygens (including phenoxy) is 1. The highest BCUT2D eigenvalue weighted by molar-refractivity contribution is 7.95. The Hall–Kier alpha value is -2.92. The van der Waals surface area contributed by atoms with Gasteiger partial charge in [0.05, 0.1) is 34.4 Å². The number of sulfone groups is 1. The van der Waals surface area contributed by atoms with E-state index in [1.54, 1.807) is 12.1 Å². The molecule has 9 nitrogen and oxygen atoms in total. The number of nitrogens with zero attached hydrogens (tertiary/aromatic N) is 2. The molecule has 0 aromatic heterocycles. The Kier molecular flexibility index (Phi) is 5.13. The molecule has 0 fully saturated rings. The van der Waals surface area contributed by atoms with Gasteiger partial charge in [-0.2, -0.15) is 0 Å². The van der Waals surface area contributed by atoms with E-state index in [2.05, 4.69) is 0 Å². The van der Waals surface area contributed by atoms with Crippen molar-refractivity contribution in [2.45, 2.75) is 10.9 Å². The van der Waals surface area contributed by atoms with Crippen LogP contribution < -0.4 is 9.04 Å². The van der Waals surface area contributed by atoms with Crippen LogP contribution in [0.2, 0.25) is 0 Å². The van der Waals surface area contributed by atoms with Crippen molar-refractivity contribution in [3.05, 3.63) is 70.1 Å². The average Bonchev–Trinajstić information content (AvgIpc) is 3.01. The van der Waals surface area contributed by atoms with Gasteiger partial charge in [-0.15, -0.1) is 0 Å². The smallest absolute Gasteiger partial charge is 0.269 e. The summed E-state index contributed by atoms with van der Waals surface area (Å²) >= 11 is 0. The van der Waals surface area contributed by atoms with Gasteiger partial charge in [0.25, 0.3) is 15.7 Å². The molecule has 1 aliphatic heterocycles. The molecule has 1 aliphatic rings. The van der Waals surface area contributed by atoms with Gasteiger partial charge in [0.1, 0.15) is 5.75 Å². The number of benzene rings is 2. The van der Waals surface area contributed by atoms with Crippen LogP contribution in [0.5, 0.6) is 5.75 Å². The van der Waals surface area contributed by atoms with Crippen LogP contribution >= 0.6 is 0 Å². The summed E-state index contributed by atoms with van der Waals surface area (Å²) < 4.78 is 56.3. The molecular formula is C17H16N2O7S2. The van der Waals surface area contributed by atoms with E-state index in [0.29, 0.717) is 5.75 Å². The Morgan fingerprint density at radius 3 is 2.18 bits per heavy atom. The normalized spacial score (nSPS) is 18.0. The summed E-state index contributed by atoms with van der Waals surface area (Å²) in [5.41, 5.74) is -0.0100. The van der Waals surface area contributed by atoms with E-state index >= 15 is 0 Å². The number of nitro benzene ring substituents is 1. The molecule has 1 heterocycles. The summed E-state index contributed by atoms with van der Waals surface area (Å²) in [5, 5.41) is 11.8. The zero-order valence-corrected chi connectivity index (χ0v) is 16.3. The van der Waals surface area contributed by atoms with Gasteiger partial charge in [0.2, 0.25) is 0 Å². The molecule has 2 aromatic carbocycles. The first-order valence-corrected chi connectivity index (χ1v) is 11.1. The maximum Gasteiger partial charge on any atom is 0.269 e. The monoisotopic (exact) mass is 424 g/mol. The summed E-state index contributed by atoms with van der Waals surface area (Å²) in [6.45, 7) is 0. The average molecular weight is 424 g/mol. The minimum atomic E-state index is -4.20. The van der Waals surface area contributed by atoms with Crippen molar-refractivity contribution in [1.29, 1.82) is 0 Å². The second-order valence-electron chi connectivity index (χ2n) is 5.98. The van der Waals surface area contributed by atoms with E-state index in [4.69, 9.17) is 4.74 Å². The number of sulfonamides is 1. The maximum atomic E-state index is 13.3. The van der Waals surface area contributed by atoms with Crippen LogP contribution in [-0.4, -0.2) is 40.7 Å². The molecule has 0 N–H and O–H groups in total. The lowest BCUT2D eigenvalue weighted by Crippen LogP contribution is -2.41. The molecule has 3 rings (SSSR count). The second-order valence-corrected chi connectivity index (χ2v) is 9.72. The Labute approximate surface area is 162 Å². The molecule has 148 valence electrons. The third kappa shape index (κ3) is 3.85. The fourth-order valence-electron chi connectivity index (χ4n) is 2.80. The summed E-state index contributed by atoms with van der Waals surface area (Å²) in [7, 11) is -6.25. The van der Waals surface area contributed by atoms with Crippen LogP contribution in [0.3, 0.4) is 0 Å². The van der Waals surface area contributed by atoms with E-state index in [9.17, 15) is 26.9 Å². The number of non-ortho nitro benzene ring substituents is 1. The first kappa shape index (κ1) is 19.8. The molecular weight excluding hydrogens is 408 g/mol. The van der Waals surface area contributed by atoms with Gasteiger partial charge in [-0.25, -0.2) is 16.8 Å². The molecule has 0 amide bonds. The van der Waals surface area contributed by atoms with E-state index < -0.39 is 36.6 Å². The number of rotatable bonds is 6. The lowest BCUT2D eigenvalue weighted by atomic mass is 10.2. The lowest BCUT2D eigenvalue weighted by molar-refractivity contribution is -0.384. The van der Waals surface area contributed by atoms with Crippen molar-refractivity contribution in [1.82, 2.24) is 0 Å². The number of hydrogen-bond donors (Lipinski definition) is 0. The van der Waals surface area contributed by atoms with Gasteiger partial charge < -0.3 is 4.74 Å². The van der Waals surface area contributed by atoms with Crippen LogP contribution in [0.1, 0.15) is 0 Å². The van der Waals surface area contributed by atoms with Crippen LogP contribution in [0.25, 0.3) is 0 Å². The molecule has 0 aliphatic carbocycles. The van der Waals surface area contributed by atoms with Crippen LogP contribution in [0.15, 0.2) is 64.9 Å². The highest BCUT2D eigenvalue weighted by Crippen LogP contribution is 2.31. The SMILES string of the molecule is COc1ccc(N(C2C=CS(=O)(=O)C2)S(=O)(=O)c2ccc([N+](=O)[O-])cc2)cc1. The topological polar surface area (TPSA) is 124 Å². The summed E-state index contributed by atoms with van der Waals surface area (Å²) in [4.78, 5) is 9.99.